The second kappa shape index (κ2) is 7.59. The number of hydrogen-bond donors (Lipinski definition) is 1. The van der Waals surface area contributed by atoms with Gasteiger partial charge in [0, 0.05) is 11.1 Å². The van der Waals surface area contributed by atoms with E-state index in [-0.39, 0.29) is 18.4 Å². The third-order valence-electron chi connectivity index (χ3n) is 4.32. The number of nitrogens with zero attached hydrogens (tertiary/aromatic N) is 1. The minimum Gasteiger partial charge on any atom is -0.497 e. The van der Waals surface area contributed by atoms with Crippen molar-refractivity contribution in [1.29, 1.82) is 0 Å². The standard InChI is InChI=1S/C20H21ClN2O5/c1-20(2)19(25)23(15-9-12(21)5-8-16(15)28-20)11-18(24)22-14-7-6-13(26-3)10-17(14)27-4/h5-10H,11H2,1-4H3,(H,22,24). The van der Waals surface area contributed by atoms with Crippen molar-refractivity contribution in [2.45, 2.75) is 19.4 Å². The molecule has 8 heteroatoms. The summed E-state index contributed by atoms with van der Waals surface area (Å²) in [6, 6.07) is 10.00. The number of rotatable bonds is 5. The van der Waals surface area contributed by atoms with Gasteiger partial charge in [0.15, 0.2) is 5.60 Å². The van der Waals surface area contributed by atoms with Gasteiger partial charge in [-0.3, -0.25) is 14.5 Å². The van der Waals surface area contributed by atoms with Crippen molar-refractivity contribution in [2.75, 3.05) is 31.0 Å². The monoisotopic (exact) mass is 404 g/mol. The summed E-state index contributed by atoms with van der Waals surface area (Å²) in [5.74, 6) is 0.816. The molecule has 3 rings (SSSR count). The van der Waals surface area contributed by atoms with Gasteiger partial charge in [0.05, 0.1) is 25.6 Å². The fourth-order valence-corrected chi connectivity index (χ4v) is 3.10. The van der Waals surface area contributed by atoms with Gasteiger partial charge in [-0.2, -0.15) is 0 Å². The maximum Gasteiger partial charge on any atom is 0.271 e. The summed E-state index contributed by atoms with van der Waals surface area (Å²) < 4.78 is 16.2. The number of ether oxygens (including phenoxy) is 3. The Balaban J connectivity index is 1.86. The van der Waals surface area contributed by atoms with Crippen LogP contribution in [0.15, 0.2) is 36.4 Å². The van der Waals surface area contributed by atoms with E-state index < -0.39 is 5.60 Å². The first-order valence-electron chi connectivity index (χ1n) is 8.57. The van der Waals surface area contributed by atoms with Crippen LogP contribution in [0.4, 0.5) is 11.4 Å². The van der Waals surface area contributed by atoms with Gasteiger partial charge in [-0.25, -0.2) is 0 Å². The fraction of sp³-hybridized carbons (Fsp3) is 0.300. The Labute approximate surface area is 168 Å². The van der Waals surface area contributed by atoms with Crippen LogP contribution in [0.2, 0.25) is 5.02 Å². The lowest BCUT2D eigenvalue weighted by atomic mass is 10.0. The molecule has 2 amide bonds. The van der Waals surface area contributed by atoms with Crippen LogP contribution in [0.25, 0.3) is 0 Å². The van der Waals surface area contributed by atoms with Crippen LogP contribution in [0, 0.1) is 0 Å². The number of methoxy groups -OCH3 is 2. The predicted octanol–water partition coefficient (Wildman–Crippen LogP) is 3.50. The van der Waals surface area contributed by atoms with Crippen LogP contribution in [0.5, 0.6) is 17.2 Å². The van der Waals surface area contributed by atoms with E-state index in [1.165, 1.54) is 12.0 Å². The zero-order chi connectivity index (χ0) is 20.5. The molecule has 1 N–H and O–H groups in total. The van der Waals surface area contributed by atoms with Crippen LogP contribution < -0.4 is 24.4 Å². The lowest BCUT2D eigenvalue weighted by Crippen LogP contribution is -2.54. The fourth-order valence-electron chi connectivity index (χ4n) is 2.93. The number of carbonyl (C=O) groups excluding carboxylic acids is 2. The van der Waals surface area contributed by atoms with E-state index >= 15 is 0 Å². The third kappa shape index (κ3) is 3.84. The van der Waals surface area contributed by atoms with Crippen molar-refractivity contribution in [3.05, 3.63) is 41.4 Å². The molecule has 7 nitrogen and oxygen atoms in total. The summed E-state index contributed by atoms with van der Waals surface area (Å²) in [7, 11) is 3.04. The molecule has 0 atom stereocenters. The Morgan fingerprint density at radius 2 is 1.93 bits per heavy atom. The molecule has 0 saturated heterocycles. The van der Waals surface area contributed by atoms with Gasteiger partial charge in [0.1, 0.15) is 23.8 Å². The molecule has 2 aromatic rings. The molecule has 0 radical (unpaired) electrons. The van der Waals surface area contributed by atoms with E-state index in [0.29, 0.717) is 33.6 Å². The highest BCUT2D eigenvalue weighted by Crippen LogP contribution is 2.39. The molecule has 148 valence electrons. The minimum absolute atomic E-state index is 0.200. The molecule has 0 fully saturated rings. The summed E-state index contributed by atoms with van der Waals surface area (Å²) in [5.41, 5.74) is -0.174. The Kier molecular flexibility index (Phi) is 5.38. The van der Waals surface area contributed by atoms with E-state index in [1.54, 1.807) is 57.4 Å². The van der Waals surface area contributed by atoms with Crippen molar-refractivity contribution < 1.29 is 23.8 Å². The van der Waals surface area contributed by atoms with E-state index in [1.807, 2.05) is 0 Å². The topological polar surface area (TPSA) is 77.1 Å². The van der Waals surface area contributed by atoms with Crippen molar-refractivity contribution in [1.82, 2.24) is 0 Å². The molecule has 0 bridgehead atoms. The van der Waals surface area contributed by atoms with Gasteiger partial charge in [0.2, 0.25) is 5.91 Å². The summed E-state index contributed by atoms with van der Waals surface area (Å²) in [6.07, 6.45) is 0. The highest BCUT2D eigenvalue weighted by molar-refractivity contribution is 6.31. The highest BCUT2D eigenvalue weighted by atomic mass is 35.5. The molecule has 1 aliphatic heterocycles. The average Bonchev–Trinajstić information content (AvgIpc) is 2.66. The SMILES string of the molecule is COc1ccc(NC(=O)CN2C(=O)C(C)(C)Oc3ccc(Cl)cc32)c(OC)c1. The minimum atomic E-state index is -1.10. The molecule has 0 aromatic heterocycles. The third-order valence-corrected chi connectivity index (χ3v) is 4.56. The first kappa shape index (κ1) is 19.8. The van der Waals surface area contributed by atoms with Crippen LogP contribution in [0.1, 0.15) is 13.8 Å². The van der Waals surface area contributed by atoms with Crippen LogP contribution >= 0.6 is 11.6 Å². The second-order valence-corrected chi connectivity index (χ2v) is 7.17. The van der Waals surface area contributed by atoms with Gasteiger partial charge in [-0.05, 0) is 44.2 Å². The first-order chi connectivity index (χ1) is 13.2. The predicted molar refractivity (Wildman–Crippen MR) is 107 cm³/mol. The smallest absolute Gasteiger partial charge is 0.271 e. The Bertz CT molecular complexity index is 929. The lowest BCUT2D eigenvalue weighted by molar-refractivity contribution is -0.133. The summed E-state index contributed by atoms with van der Waals surface area (Å²) >= 11 is 6.07. The molecule has 2 aromatic carbocycles. The van der Waals surface area contributed by atoms with Gasteiger partial charge < -0.3 is 19.5 Å². The number of fused-ring (bicyclic) bond motifs is 1. The van der Waals surface area contributed by atoms with E-state index in [2.05, 4.69) is 5.32 Å². The Morgan fingerprint density at radius 3 is 2.61 bits per heavy atom. The molecule has 28 heavy (non-hydrogen) atoms. The summed E-state index contributed by atoms with van der Waals surface area (Å²) in [5, 5.41) is 3.21. The van der Waals surface area contributed by atoms with Crippen LogP contribution in [-0.2, 0) is 9.59 Å². The van der Waals surface area contributed by atoms with Gasteiger partial charge in [-0.1, -0.05) is 11.6 Å². The molecule has 0 spiro atoms. The normalized spacial score (nSPS) is 14.8. The van der Waals surface area contributed by atoms with E-state index in [0.717, 1.165) is 0 Å². The lowest BCUT2D eigenvalue weighted by Gasteiger charge is -2.38. The van der Waals surface area contributed by atoms with Crippen molar-refractivity contribution in [3.63, 3.8) is 0 Å². The van der Waals surface area contributed by atoms with Crippen LogP contribution in [-0.4, -0.2) is 38.2 Å². The second-order valence-electron chi connectivity index (χ2n) is 6.73. The summed E-state index contributed by atoms with van der Waals surface area (Å²) in [6.45, 7) is 3.11. The summed E-state index contributed by atoms with van der Waals surface area (Å²) in [4.78, 5) is 26.9. The molecule has 0 unspecified atom stereocenters. The Hall–Kier alpha value is -2.93. The number of anilines is 2. The van der Waals surface area contributed by atoms with E-state index in [9.17, 15) is 9.59 Å². The molecule has 1 heterocycles. The van der Waals surface area contributed by atoms with Crippen molar-refractivity contribution in [2.24, 2.45) is 0 Å². The van der Waals surface area contributed by atoms with Gasteiger partial charge >= 0.3 is 0 Å². The number of amides is 2. The maximum atomic E-state index is 12.9. The highest BCUT2D eigenvalue weighted by Gasteiger charge is 2.41. The molecule has 0 aliphatic carbocycles. The number of hydrogen-bond acceptors (Lipinski definition) is 5. The Morgan fingerprint density at radius 1 is 1.18 bits per heavy atom. The number of benzene rings is 2. The zero-order valence-electron chi connectivity index (χ0n) is 16.0. The molecular weight excluding hydrogens is 384 g/mol. The molecule has 0 saturated carbocycles. The molecular formula is C20H21ClN2O5. The van der Waals surface area contributed by atoms with Gasteiger partial charge in [-0.15, -0.1) is 0 Å². The van der Waals surface area contributed by atoms with Crippen molar-refractivity contribution in [3.8, 4) is 17.2 Å². The number of carbonyl (C=O) groups is 2. The van der Waals surface area contributed by atoms with E-state index in [4.69, 9.17) is 25.8 Å². The first-order valence-corrected chi connectivity index (χ1v) is 8.95. The number of halogens is 1. The maximum absolute atomic E-state index is 12.9. The van der Waals surface area contributed by atoms with Crippen molar-refractivity contribution >= 4 is 34.8 Å². The average molecular weight is 405 g/mol. The van der Waals surface area contributed by atoms with Gasteiger partial charge in [0.25, 0.3) is 5.91 Å². The largest absolute Gasteiger partial charge is 0.497 e. The zero-order valence-corrected chi connectivity index (χ0v) is 16.8. The van der Waals surface area contributed by atoms with Crippen LogP contribution in [0.3, 0.4) is 0 Å². The molecule has 1 aliphatic rings. The number of nitrogens with one attached hydrogen (secondary N) is 1. The quantitative estimate of drug-likeness (QED) is 0.825.